The van der Waals surface area contributed by atoms with Crippen molar-refractivity contribution in [1.82, 2.24) is 0 Å². The molecular formula is C10H15N. The summed E-state index contributed by atoms with van der Waals surface area (Å²) in [6.45, 7) is 4.91. The molecule has 11 heavy (non-hydrogen) atoms. The quantitative estimate of drug-likeness (QED) is 0.684. The highest BCUT2D eigenvalue weighted by Crippen LogP contribution is 2.11. The largest absolute Gasteiger partial charge is 0.326 e. The smallest absolute Gasteiger partial charge is 0.0180 e. The highest BCUT2D eigenvalue weighted by atomic mass is 14.5. The summed E-state index contributed by atoms with van der Waals surface area (Å²) in [5.41, 5.74) is 9.55. The predicted molar refractivity (Wildman–Crippen MR) is 48.4 cm³/mol. The lowest BCUT2D eigenvalue weighted by atomic mass is 10.0. The summed E-state index contributed by atoms with van der Waals surface area (Å²) in [5.74, 6) is 0. The van der Waals surface area contributed by atoms with Crippen molar-refractivity contribution >= 4 is 0 Å². The molecule has 0 saturated carbocycles. The molecule has 0 radical (unpaired) electrons. The lowest BCUT2D eigenvalue weighted by molar-refractivity contribution is 0.998. The zero-order chi connectivity index (χ0) is 8.27. The van der Waals surface area contributed by atoms with E-state index in [0.717, 1.165) is 6.42 Å². The number of benzene rings is 1. The molecule has 1 nitrogen and oxygen atoms in total. The van der Waals surface area contributed by atoms with Gasteiger partial charge in [-0.15, -0.1) is 0 Å². The molecule has 0 unspecified atom stereocenters. The summed E-state index contributed by atoms with van der Waals surface area (Å²) in [4.78, 5) is 0. The highest BCUT2D eigenvalue weighted by Gasteiger charge is 1.97. The number of rotatable bonds is 2. The average Bonchev–Trinajstić information content (AvgIpc) is 2.04. The molecule has 0 aromatic heterocycles. The maximum atomic E-state index is 5.60. The van der Waals surface area contributed by atoms with Gasteiger partial charge in [-0.2, -0.15) is 0 Å². The monoisotopic (exact) mass is 149 g/mol. The van der Waals surface area contributed by atoms with Gasteiger partial charge in [-0.3, -0.25) is 0 Å². The first-order valence-corrected chi connectivity index (χ1v) is 4.06. The van der Waals surface area contributed by atoms with E-state index in [2.05, 4.69) is 32.0 Å². The number of hydrogen-bond donors (Lipinski definition) is 1. The van der Waals surface area contributed by atoms with Crippen LogP contribution in [0.25, 0.3) is 0 Å². The van der Waals surface area contributed by atoms with Crippen LogP contribution in [0.3, 0.4) is 0 Å². The first kappa shape index (κ1) is 8.28. The second kappa shape index (κ2) is 3.54. The van der Waals surface area contributed by atoms with Crippen molar-refractivity contribution < 1.29 is 0 Å². The molecule has 0 aliphatic heterocycles. The minimum Gasteiger partial charge on any atom is -0.326 e. The Hall–Kier alpha value is -0.820. The van der Waals surface area contributed by atoms with E-state index in [4.69, 9.17) is 5.73 Å². The van der Waals surface area contributed by atoms with Crippen LogP contribution < -0.4 is 5.73 Å². The van der Waals surface area contributed by atoms with Gasteiger partial charge in [0.1, 0.15) is 0 Å². The van der Waals surface area contributed by atoms with Crippen molar-refractivity contribution in [2.24, 2.45) is 5.73 Å². The Morgan fingerprint density at radius 2 is 2.00 bits per heavy atom. The fourth-order valence-electron chi connectivity index (χ4n) is 1.29. The van der Waals surface area contributed by atoms with Gasteiger partial charge in [0.2, 0.25) is 0 Å². The van der Waals surface area contributed by atoms with E-state index in [-0.39, 0.29) is 0 Å². The Kier molecular flexibility index (Phi) is 2.66. The predicted octanol–water partition coefficient (Wildman–Crippen LogP) is 2.02. The number of hydrogen-bond acceptors (Lipinski definition) is 1. The molecule has 0 atom stereocenters. The minimum atomic E-state index is 0.658. The molecule has 1 heteroatoms. The first-order chi connectivity index (χ1) is 5.27. The molecule has 0 fully saturated rings. The van der Waals surface area contributed by atoms with Crippen LogP contribution in [-0.4, -0.2) is 0 Å². The van der Waals surface area contributed by atoms with Gasteiger partial charge in [-0.1, -0.05) is 30.7 Å². The van der Waals surface area contributed by atoms with Crippen molar-refractivity contribution in [1.29, 1.82) is 0 Å². The van der Waals surface area contributed by atoms with E-state index < -0.39 is 0 Å². The van der Waals surface area contributed by atoms with Crippen LogP contribution in [-0.2, 0) is 13.0 Å². The zero-order valence-corrected chi connectivity index (χ0v) is 7.22. The topological polar surface area (TPSA) is 26.0 Å². The molecule has 0 amide bonds. The molecule has 0 heterocycles. The Labute approximate surface area is 68.2 Å². The van der Waals surface area contributed by atoms with Crippen molar-refractivity contribution in [3.63, 3.8) is 0 Å². The van der Waals surface area contributed by atoms with E-state index in [0.29, 0.717) is 6.54 Å². The zero-order valence-electron chi connectivity index (χ0n) is 7.22. The van der Waals surface area contributed by atoms with Crippen LogP contribution in [0.15, 0.2) is 18.2 Å². The second-order valence-electron chi connectivity index (χ2n) is 2.83. The van der Waals surface area contributed by atoms with E-state index in [9.17, 15) is 0 Å². The van der Waals surface area contributed by atoms with Gasteiger partial charge in [0.15, 0.2) is 0 Å². The van der Waals surface area contributed by atoms with E-state index in [1.54, 1.807) is 0 Å². The van der Waals surface area contributed by atoms with Gasteiger partial charge in [0, 0.05) is 6.54 Å². The van der Waals surface area contributed by atoms with Crippen molar-refractivity contribution in [3.05, 3.63) is 34.9 Å². The Morgan fingerprint density at radius 1 is 1.27 bits per heavy atom. The lowest BCUT2D eigenvalue weighted by Crippen LogP contribution is -2.00. The SMILES string of the molecule is CCc1ccc(C)cc1CN. The van der Waals surface area contributed by atoms with Crippen LogP contribution in [0.2, 0.25) is 0 Å². The van der Waals surface area contributed by atoms with Crippen LogP contribution in [0.4, 0.5) is 0 Å². The Balaban J connectivity index is 3.06. The van der Waals surface area contributed by atoms with Crippen molar-refractivity contribution in [2.75, 3.05) is 0 Å². The third-order valence-electron chi connectivity index (χ3n) is 1.96. The second-order valence-corrected chi connectivity index (χ2v) is 2.83. The van der Waals surface area contributed by atoms with Gasteiger partial charge in [-0.05, 0) is 24.5 Å². The summed E-state index contributed by atoms with van der Waals surface area (Å²) in [5, 5.41) is 0. The summed E-state index contributed by atoms with van der Waals surface area (Å²) in [7, 11) is 0. The molecule has 2 N–H and O–H groups in total. The summed E-state index contributed by atoms with van der Waals surface area (Å²) in [6, 6.07) is 6.47. The number of aryl methyl sites for hydroxylation is 2. The first-order valence-electron chi connectivity index (χ1n) is 4.06. The average molecular weight is 149 g/mol. The van der Waals surface area contributed by atoms with Crippen LogP contribution in [0, 0.1) is 6.92 Å². The standard InChI is InChI=1S/C10H15N/c1-3-9-5-4-8(2)6-10(9)7-11/h4-6H,3,7,11H2,1-2H3. The molecule has 1 aromatic rings. The Morgan fingerprint density at radius 3 is 2.55 bits per heavy atom. The van der Waals surface area contributed by atoms with Crippen LogP contribution in [0.5, 0.6) is 0 Å². The molecule has 0 aliphatic rings. The summed E-state index contributed by atoms with van der Waals surface area (Å²) < 4.78 is 0. The van der Waals surface area contributed by atoms with Gasteiger partial charge in [-0.25, -0.2) is 0 Å². The van der Waals surface area contributed by atoms with E-state index in [1.165, 1.54) is 16.7 Å². The molecular weight excluding hydrogens is 134 g/mol. The van der Waals surface area contributed by atoms with E-state index in [1.807, 2.05) is 0 Å². The van der Waals surface area contributed by atoms with Crippen molar-refractivity contribution in [3.8, 4) is 0 Å². The fraction of sp³-hybridized carbons (Fsp3) is 0.400. The summed E-state index contributed by atoms with van der Waals surface area (Å²) >= 11 is 0. The third kappa shape index (κ3) is 1.81. The summed E-state index contributed by atoms with van der Waals surface area (Å²) in [6.07, 6.45) is 1.08. The van der Waals surface area contributed by atoms with Crippen LogP contribution >= 0.6 is 0 Å². The van der Waals surface area contributed by atoms with E-state index >= 15 is 0 Å². The molecule has 0 aliphatic carbocycles. The minimum absolute atomic E-state index is 0.658. The molecule has 0 saturated heterocycles. The lowest BCUT2D eigenvalue weighted by Gasteiger charge is -2.05. The van der Waals surface area contributed by atoms with Gasteiger partial charge >= 0.3 is 0 Å². The molecule has 0 spiro atoms. The van der Waals surface area contributed by atoms with Gasteiger partial charge in [0.05, 0.1) is 0 Å². The third-order valence-corrected chi connectivity index (χ3v) is 1.96. The molecule has 1 aromatic carbocycles. The van der Waals surface area contributed by atoms with Gasteiger partial charge < -0.3 is 5.73 Å². The highest BCUT2D eigenvalue weighted by molar-refractivity contribution is 5.31. The maximum absolute atomic E-state index is 5.60. The maximum Gasteiger partial charge on any atom is 0.0180 e. The molecule has 60 valence electrons. The molecule has 0 bridgehead atoms. The number of nitrogens with two attached hydrogens (primary N) is 1. The molecule has 1 rings (SSSR count). The van der Waals surface area contributed by atoms with Gasteiger partial charge in [0.25, 0.3) is 0 Å². The normalized spacial score (nSPS) is 10.1. The Bertz CT molecular complexity index is 241. The fourth-order valence-corrected chi connectivity index (χ4v) is 1.29. The van der Waals surface area contributed by atoms with Crippen molar-refractivity contribution in [2.45, 2.75) is 26.8 Å². The van der Waals surface area contributed by atoms with Crippen LogP contribution in [0.1, 0.15) is 23.6 Å².